The van der Waals surface area contributed by atoms with Crippen LogP contribution in [0.2, 0.25) is 0 Å². The predicted molar refractivity (Wildman–Crippen MR) is 67.0 cm³/mol. The first kappa shape index (κ1) is 11.0. The maximum absolute atomic E-state index is 10.8. The van der Waals surface area contributed by atoms with E-state index in [1.807, 2.05) is 35.1 Å². The Bertz CT molecular complexity index is 586. The maximum atomic E-state index is 10.8. The molecule has 1 aliphatic heterocycles. The van der Waals surface area contributed by atoms with Crippen LogP contribution in [0.4, 0.5) is 0 Å². The van der Waals surface area contributed by atoms with Gasteiger partial charge in [0, 0.05) is 18.7 Å². The second-order valence-electron chi connectivity index (χ2n) is 4.44. The highest BCUT2D eigenvalue weighted by molar-refractivity contribution is 5.76. The number of carbonyl (C=O) groups is 1. The van der Waals surface area contributed by atoms with Crippen molar-refractivity contribution in [1.82, 2.24) is 15.1 Å². The van der Waals surface area contributed by atoms with Gasteiger partial charge in [-0.3, -0.25) is 4.79 Å². The number of aromatic nitrogens is 2. The van der Waals surface area contributed by atoms with Crippen LogP contribution in [0.1, 0.15) is 16.8 Å². The fourth-order valence-electron chi connectivity index (χ4n) is 2.24. The summed E-state index contributed by atoms with van der Waals surface area (Å²) in [4.78, 5) is 10.8. The maximum Gasteiger partial charge on any atom is 0.221 e. The highest BCUT2D eigenvalue weighted by atomic mass is 16.1. The molecule has 1 aromatic heterocycles. The zero-order valence-corrected chi connectivity index (χ0v) is 9.89. The van der Waals surface area contributed by atoms with Crippen molar-refractivity contribution < 1.29 is 4.79 Å². The molecule has 0 aliphatic carbocycles. The van der Waals surface area contributed by atoms with Crippen LogP contribution in [0.25, 0.3) is 5.69 Å². The van der Waals surface area contributed by atoms with Crippen LogP contribution in [0.5, 0.6) is 0 Å². The van der Waals surface area contributed by atoms with Gasteiger partial charge < -0.3 is 11.1 Å². The number of primary amides is 1. The average Bonchev–Trinajstić information content (AvgIpc) is 2.91. The van der Waals surface area contributed by atoms with Crippen LogP contribution >= 0.6 is 0 Å². The molecule has 0 radical (unpaired) electrons. The zero-order valence-electron chi connectivity index (χ0n) is 9.89. The number of hydrogen-bond acceptors (Lipinski definition) is 3. The summed E-state index contributed by atoms with van der Waals surface area (Å²) < 4.78 is 1.93. The van der Waals surface area contributed by atoms with Crippen LogP contribution in [-0.2, 0) is 24.3 Å². The van der Waals surface area contributed by atoms with Gasteiger partial charge in [0.05, 0.1) is 24.0 Å². The molecular formula is C13H14N4O. The molecule has 5 nitrogen and oxygen atoms in total. The van der Waals surface area contributed by atoms with Crippen LogP contribution in [0.15, 0.2) is 30.5 Å². The molecule has 18 heavy (non-hydrogen) atoms. The van der Waals surface area contributed by atoms with Crippen molar-refractivity contribution in [2.45, 2.75) is 19.5 Å². The fourth-order valence-corrected chi connectivity index (χ4v) is 2.24. The van der Waals surface area contributed by atoms with Crippen molar-refractivity contribution in [1.29, 1.82) is 0 Å². The number of nitrogens with zero attached hydrogens (tertiary/aromatic N) is 2. The summed E-state index contributed by atoms with van der Waals surface area (Å²) in [5.74, 6) is -0.313. The summed E-state index contributed by atoms with van der Waals surface area (Å²) >= 11 is 0. The molecule has 0 saturated heterocycles. The molecular weight excluding hydrogens is 228 g/mol. The van der Waals surface area contributed by atoms with Crippen LogP contribution in [0.3, 0.4) is 0 Å². The molecule has 0 unspecified atom stereocenters. The van der Waals surface area contributed by atoms with Gasteiger partial charge in [0.15, 0.2) is 0 Å². The first-order valence-corrected chi connectivity index (χ1v) is 5.88. The molecule has 0 spiro atoms. The Kier molecular flexibility index (Phi) is 2.60. The van der Waals surface area contributed by atoms with E-state index >= 15 is 0 Å². The first-order valence-electron chi connectivity index (χ1n) is 5.88. The second kappa shape index (κ2) is 4.27. The molecule has 5 heteroatoms. The van der Waals surface area contributed by atoms with Crippen molar-refractivity contribution in [3.63, 3.8) is 0 Å². The Hall–Kier alpha value is -2.14. The summed E-state index contributed by atoms with van der Waals surface area (Å²) in [7, 11) is 0. The fraction of sp³-hybridized carbons (Fsp3) is 0.231. The standard InChI is InChI=1S/C13H14N4O/c14-13(18)5-9-1-3-11(4-2-9)17-12-8-15-6-10(12)7-16-17/h1-4,7,15H,5-6,8H2,(H2,14,18). The minimum absolute atomic E-state index is 0.277. The minimum Gasteiger partial charge on any atom is -0.369 e. The monoisotopic (exact) mass is 242 g/mol. The van der Waals surface area contributed by atoms with Crippen molar-refractivity contribution in [2.24, 2.45) is 5.73 Å². The van der Waals surface area contributed by atoms with E-state index in [0.29, 0.717) is 0 Å². The van der Waals surface area contributed by atoms with Crippen LogP contribution in [0, 0.1) is 0 Å². The van der Waals surface area contributed by atoms with Gasteiger partial charge in [-0.1, -0.05) is 12.1 Å². The lowest BCUT2D eigenvalue weighted by molar-refractivity contribution is -0.117. The molecule has 2 aromatic rings. The Morgan fingerprint density at radius 1 is 1.33 bits per heavy atom. The van der Waals surface area contributed by atoms with Gasteiger partial charge in [-0.15, -0.1) is 0 Å². The van der Waals surface area contributed by atoms with Crippen molar-refractivity contribution in [2.75, 3.05) is 0 Å². The molecule has 92 valence electrons. The number of fused-ring (bicyclic) bond motifs is 1. The van der Waals surface area contributed by atoms with Gasteiger partial charge >= 0.3 is 0 Å². The third-order valence-electron chi connectivity index (χ3n) is 3.12. The number of carbonyl (C=O) groups excluding carboxylic acids is 1. The Morgan fingerprint density at radius 3 is 2.83 bits per heavy atom. The number of rotatable bonds is 3. The summed E-state index contributed by atoms with van der Waals surface area (Å²) in [5, 5.41) is 7.68. The topological polar surface area (TPSA) is 72.9 Å². The minimum atomic E-state index is -0.313. The third-order valence-corrected chi connectivity index (χ3v) is 3.12. The summed E-state index contributed by atoms with van der Waals surface area (Å²) in [6.07, 6.45) is 2.17. The molecule has 1 amide bonds. The lowest BCUT2D eigenvalue weighted by Gasteiger charge is -2.06. The Morgan fingerprint density at radius 2 is 2.11 bits per heavy atom. The van der Waals surface area contributed by atoms with Crippen molar-refractivity contribution >= 4 is 5.91 Å². The molecule has 0 atom stereocenters. The molecule has 0 bridgehead atoms. The van der Waals surface area contributed by atoms with Gasteiger partial charge in [0.25, 0.3) is 0 Å². The van der Waals surface area contributed by atoms with Crippen molar-refractivity contribution in [3.8, 4) is 5.69 Å². The number of amides is 1. The van der Waals surface area contributed by atoms with Gasteiger partial charge in [-0.05, 0) is 17.7 Å². The highest BCUT2D eigenvalue weighted by Crippen LogP contribution is 2.19. The molecule has 1 aliphatic rings. The van der Waals surface area contributed by atoms with Crippen LogP contribution in [-0.4, -0.2) is 15.7 Å². The largest absolute Gasteiger partial charge is 0.369 e. The van der Waals surface area contributed by atoms with E-state index in [0.717, 1.165) is 24.3 Å². The van der Waals surface area contributed by atoms with Gasteiger partial charge in [-0.2, -0.15) is 5.10 Å². The van der Waals surface area contributed by atoms with E-state index < -0.39 is 0 Å². The number of benzene rings is 1. The normalized spacial score (nSPS) is 13.6. The van der Waals surface area contributed by atoms with E-state index in [2.05, 4.69) is 10.4 Å². The van der Waals surface area contributed by atoms with E-state index in [4.69, 9.17) is 5.73 Å². The number of nitrogens with two attached hydrogens (primary N) is 1. The van der Waals surface area contributed by atoms with E-state index in [9.17, 15) is 4.79 Å². The molecule has 2 heterocycles. The quantitative estimate of drug-likeness (QED) is 0.823. The first-order chi connectivity index (χ1) is 8.74. The highest BCUT2D eigenvalue weighted by Gasteiger charge is 2.16. The Labute approximate surface area is 105 Å². The van der Waals surface area contributed by atoms with Gasteiger partial charge in [0.1, 0.15) is 0 Å². The summed E-state index contributed by atoms with van der Waals surface area (Å²) in [6.45, 7) is 1.73. The third kappa shape index (κ3) is 1.89. The van der Waals surface area contributed by atoms with Crippen molar-refractivity contribution in [3.05, 3.63) is 47.3 Å². The number of nitrogens with one attached hydrogen (secondary N) is 1. The van der Waals surface area contributed by atoms with E-state index in [1.165, 1.54) is 11.3 Å². The predicted octanol–water partition coefficient (Wildman–Crippen LogP) is 0.503. The van der Waals surface area contributed by atoms with E-state index in [-0.39, 0.29) is 12.3 Å². The number of hydrogen-bond donors (Lipinski definition) is 2. The SMILES string of the molecule is NC(=O)Cc1ccc(-n2ncc3c2CNC3)cc1. The molecule has 3 N–H and O–H groups in total. The smallest absolute Gasteiger partial charge is 0.221 e. The van der Waals surface area contributed by atoms with E-state index in [1.54, 1.807) is 0 Å². The molecule has 0 saturated carbocycles. The summed E-state index contributed by atoms with van der Waals surface area (Å²) in [6, 6.07) is 7.75. The zero-order chi connectivity index (χ0) is 12.5. The lowest BCUT2D eigenvalue weighted by atomic mass is 10.1. The lowest BCUT2D eigenvalue weighted by Crippen LogP contribution is -2.13. The molecule has 0 fully saturated rings. The Balaban J connectivity index is 1.90. The summed E-state index contributed by atoms with van der Waals surface area (Å²) in [5.41, 5.74) is 9.55. The average molecular weight is 242 g/mol. The second-order valence-corrected chi connectivity index (χ2v) is 4.44. The van der Waals surface area contributed by atoms with Gasteiger partial charge in [0.2, 0.25) is 5.91 Å². The van der Waals surface area contributed by atoms with Gasteiger partial charge in [-0.25, -0.2) is 4.68 Å². The molecule has 1 aromatic carbocycles. The molecule has 3 rings (SSSR count). The van der Waals surface area contributed by atoms with Crippen LogP contribution < -0.4 is 11.1 Å².